The number of carbonyl (C=O) groups excluding carboxylic acids is 2. The smallest absolute Gasteiger partial charge is 0.339 e. The second-order valence-corrected chi connectivity index (χ2v) is 8.08. The molecule has 168 valence electrons. The lowest BCUT2D eigenvalue weighted by Crippen LogP contribution is -2.51. The molecule has 0 saturated carbocycles. The van der Waals surface area contributed by atoms with Crippen LogP contribution < -0.4 is 5.32 Å². The molecule has 2 heterocycles. The normalized spacial score (nSPS) is 15.1. The Balaban J connectivity index is 1.58. The fourth-order valence-corrected chi connectivity index (χ4v) is 3.91. The van der Waals surface area contributed by atoms with Crippen molar-refractivity contribution in [3.8, 4) is 0 Å². The van der Waals surface area contributed by atoms with Crippen LogP contribution >= 0.6 is 11.3 Å². The standard InChI is InChI=1S/C20H24F3N5O2S/c1-3-27-7-9-28(10-8-27)17(29)12-26(2)18(30)16-13-31-19(25-16)24-15-6-4-5-14(11-15)20(21,22)23/h4-6,11,13H,3,7-10,12H2,1-2H3,(H,24,25). The summed E-state index contributed by atoms with van der Waals surface area (Å²) in [7, 11) is 1.53. The molecule has 1 aromatic heterocycles. The molecule has 31 heavy (non-hydrogen) atoms. The van der Waals surface area contributed by atoms with Crippen LogP contribution in [-0.4, -0.2) is 77.8 Å². The maximum Gasteiger partial charge on any atom is 0.416 e. The maximum atomic E-state index is 12.9. The van der Waals surface area contributed by atoms with E-state index in [1.807, 2.05) is 0 Å². The largest absolute Gasteiger partial charge is 0.416 e. The van der Waals surface area contributed by atoms with E-state index >= 15 is 0 Å². The van der Waals surface area contributed by atoms with E-state index in [4.69, 9.17) is 0 Å². The van der Waals surface area contributed by atoms with Crippen molar-refractivity contribution in [2.75, 3.05) is 51.6 Å². The number of alkyl halides is 3. The first-order valence-electron chi connectivity index (χ1n) is 9.82. The van der Waals surface area contributed by atoms with Crippen molar-refractivity contribution in [3.63, 3.8) is 0 Å². The third-order valence-corrected chi connectivity index (χ3v) is 5.81. The molecule has 0 radical (unpaired) electrons. The molecule has 1 aliphatic heterocycles. The first kappa shape index (κ1) is 23.0. The molecule has 7 nitrogen and oxygen atoms in total. The number of rotatable bonds is 6. The predicted octanol–water partition coefficient (Wildman–Crippen LogP) is 3.14. The third-order valence-electron chi connectivity index (χ3n) is 5.06. The van der Waals surface area contributed by atoms with Gasteiger partial charge >= 0.3 is 6.18 Å². The van der Waals surface area contributed by atoms with Gasteiger partial charge in [-0.15, -0.1) is 11.3 Å². The summed E-state index contributed by atoms with van der Waals surface area (Å²) in [4.78, 5) is 34.6. The quantitative estimate of drug-likeness (QED) is 0.725. The molecule has 3 rings (SSSR count). The lowest BCUT2D eigenvalue weighted by molar-refractivity contribution is -0.137. The highest BCUT2D eigenvalue weighted by Crippen LogP contribution is 2.31. The molecule has 0 aliphatic carbocycles. The zero-order valence-corrected chi connectivity index (χ0v) is 18.1. The van der Waals surface area contributed by atoms with Crippen LogP contribution in [0.2, 0.25) is 0 Å². The van der Waals surface area contributed by atoms with Crippen molar-refractivity contribution in [2.45, 2.75) is 13.1 Å². The molecule has 1 saturated heterocycles. The first-order valence-corrected chi connectivity index (χ1v) is 10.7. The molecular weight excluding hydrogens is 431 g/mol. The Hall–Kier alpha value is -2.66. The number of nitrogens with one attached hydrogen (secondary N) is 1. The number of hydrogen-bond donors (Lipinski definition) is 1. The summed E-state index contributed by atoms with van der Waals surface area (Å²) >= 11 is 1.10. The fraction of sp³-hybridized carbons (Fsp3) is 0.450. The second-order valence-electron chi connectivity index (χ2n) is 7.22. The highest BCUT2D eigenvalue weighted by molar-refractivity contribution is 7.14. The van der Waals surface area contributed by atoms with Crippen LogP contribution in [-0.2, 0) is 11.0 Å². The Bertz CT molecular complexity index is 926. The van der Waals surface area contributed by atoms with Gasteiger partial charge in [-0.2, -0.15) is 13.2 Å². The number of nitrogens with zero attached hydrogens (tertiary/aromatic N) is 4. The van der Waals surface area contributed by atoms with Gasteiger partial charge in [0.25, 0.3) is 5.91 Å². The molecule has 0 bridgehead atoms. The predicted molar refractivity (Wildman–Crippen MR) is 112 cm³/mol. The summed E-state index contributed by atoms with van der Waals surface area (Å²) in [5.41, 5.74) is -0.424. The van der Waals surface area contributed by atoms with E-state index in [0.717, 1.165) is 43.1 Å². The zero-order chi connectivity index (χ0) is 22.6. The molecule has 0 spiro atoms. The van der Waals surface area contributed by atoms with Gasteiger partial charge in [0.15, 0.2) is 5.13 Å². The minimum Gasteiger partial charge on any atom is -0.339 e. The van der Waals surface area contributed by atoms with Gasteiger partial charge in [0, 0.05) is 44.3 Å². The summed E-state index contributed by atoms with van der Waals surface area (Å²) in [6.45, 7) is 5.87. The summed E-state index contributed by atoms with van der Waals surface area (Å²) in [6.07, 6.45) is -4.44. The van der Waals surface area contributed by atoms with Crippen molar-refractivity contribution in [3.05, 3.63) is 40.9 Å². The summed E-state index contributed by atoms with van der Waals surface area (Å²) in [5, 5.41) is 4.59. The Labute approximate surface area is 182 Å². The van der Waals surface area contributed by atoms with Gasteiger partial charge in [-0.1, -0.05) is 13.0 Å². The van der Waals surface area contributed by atoms with Gasteiger partial charge in [-0.05, 0) is 24.7 Å². The molecule has 1 aliphatic rings. The van der Waals surface area contributed by atoms with Crippen LogP contribution in [0.15, 0.2) is 29.6 Å². The van der Waals surface area contributed by atoms with Gasteiger partial charge in [0.2, 0.25) is 5.91 Å². The van der Waals surface area contributed by atoms with E-state index in [0.29, 0.717) is 13.1 Å². The Morgan fingerprint density at radius 1 is 1.23 bits per heavy atom. The molecule has 0 unspecified atom stereocenters. The topological polar surface area (TPSA) is 68.8 Å². The molecule has 1 aromatic carbocycles. The molecule has 11 heteroatoms. The molecule has 2 aromatic rings. The van der Waals surface area contributed by atoms with Crippen molar-refractivity contribution in [1.29, 1.82) is 0 Å². The average molecular weight is 456 g/mol. The number of halogens is 3. The number of hydrogen-bond acceptors (Lipinski definition) is 6. The Kier molecular flexibility index (Phi) is 7.16. The zero-order valence-electron chi connectivity index (χ0n) is 17.3. The highest BCUT2D eigenvalue weighted by Gasteiger charge is 2.30. The van der Waals surface area contributed by atoms with Gasteiger partial charge in [-0.25, -0.2) is 4.98 Å². The molecular formula is C20H24F3N5O2S. The number of carbonyl (C=O) groups is 2. The average Bonchev–Trinajstić information content (AvgIpc) is 3.21. The number of likely N-dealkylation sites (N-methyl/N-ethyl adjacent to an activating group) is 2. The van der Waals surface area contributed by atoms with E-state index < -0.39 is 17.6 Å². The molecule has 2 amide bonds. The van der Waals surface area contributed by atoms with Crippen LogP contribution in [0.4, 0.5) is 24.0 Å². The minimum atomic E-state index is -4.44. The van der Waals surface area contributed by atoms with Gasteiger partial charge < -0.3 is 20.0 Å². The van der Waals surface area contributed by atoms with Crippen LogP contribution in [0.5, 0.6) is 0 Å². The molecule has 1 N–H and O–H groups in total. The fourth-order valence-electron chi connectivity index (χ4n) is 3.21. The van der Waals surface area contributed by atoms with Crippen LogP contribution in [0.1, 0.15) is 23.0 Å². The monoisotopic (exact) mass is 455 g/mol. The first-order chi connectivity index (χ1) is 14.7. The SMILES string of the molecule is CCN1CCN(C(=O)CN(C)C(=O)c2csc(Nc3cccc(C(F)(F)F)c3)n2)CC1. The number of piperazine rings is 1. The number of thiazole rings is 1. The summed E-state index contributed by atoms with van der Waals surface area (Å²) in [6, 6.07) is 4.74. The van der Waals surface area contributed by atoms with Crippen LogP contribution in [0, 0.1) is 0 Å². The van der Waals surface area contributed by atoms with E-state index in [1.165, 1.54) is 29.5 Å². The van der Waals surface area contributed by atoms with Crippen LogP contribution in [0.3, 0.4) is 0 Å². The molecule has 0 atom stereocenters. The maximum absolute atomic E-state index is 12.9. The van der Waals surface area contributed by atoms with Crippen molar-refractivity contribution in [1.82, 2.24) is 19.7 Å². The van der Waals surface area contributed by atoms with Gasteiger partial charge in [0.05, 0.1) is 12.1 Å². The van der Waals surface area contributed by atoms with Crippen molar-refractivity contribution in [2.24, 2.45) is 0 Å². The van der Waals surface area contributed by atoms with Crippen molar-refractivity contribution < 1.29 is 22.8 Å². The Morgan fingerprint density at radius 2 is 1.94 bits per heavy atom. The minimum absolute atomic E-state index is 0.0567. The third kappa shape index (κ3) is 5.95. The Morgan fingerprint density at radius 3 is 2.58 bits per heavy atom. The van der Waals surface area contributed by atoms with E-state index in [9.17, 15) is 22.8 Å². The summed E-state index contributed by atoms with van der Waals surface area (Å²) in [5.74, 6) is -0.543. The van der Waals surface area contributed by atoms with E-state index in [2.05, 4.69) is 22.1 Å². The van der Waals surface area contributed by atoms with Gasteiger partial charge in [-0.3, -0.25) is 9.59 Å². The van der Waals surface area contributed by atoms with E-state index in [-0.39, 0.29) is 29.0 Å². The van der Waals surface area contributed by atoms with Crippen molar-refractivity contribution >= 4 is 34.0 Å². The van der Waals surface area contributed by atoms with Gasteiger partial charge in [0.1, 0.15) is 5.69 Å². The highest BCUT2D eigenvalue weighted by atomic mass is 32.1. The summed E-state index contributed by atoms with van der Waals surface area (Å²) < 4.78 is 38.6. The lowest BCUT2D eigenvalue weighted by atomic mass is 10.2. The number of amides is 2. The van der Waals surface area contributed by atoms with Crippen LogP contribution in [0.25, 0.3) is 0 Å². The number of aromatic nitrogens is 1. The molecule has 1 fully saturated rings. The second kappa shape index (κ2) is 9.65. The number of anilines is 2. The van der Waals surface area contributed by atoms with E-state index in [1.54, 1.807) is 4.90 Å². The lowest BCUT2D eigenvalue weighted by Gasteiger charge is -2.34. The number of benzene rings is 1.